The summed E-state index contributed by atoms with van der Waals surface area (Å²) in [6.07, 6.45) is 0. The second-order valence-electron chi connectivity index (χ2n) is 7.10. The van der Waals surface area contributed by atoms with Gasteiger partial charge in [0.15, 0.2) is 0 Å². The molecule has 0 aromatic heterocycles. The van der Waals surface area contributed by atoms with Crippen molar-refractivity contribution in [3.05, 3.63) is 59.7 Å². The van der Waals surface area contributed by atoms with Crippen molar-refractivity contribution in [1.82, 2.24) is 0 Å². The Kier molecular flexibility index (Phi) is 5.12. The minimum absolute atomic E-state index is 0.247. The molecule has 0 atom stereocenters. The molecule has 118 valence electrons. The standard InChI is InChI=1S/C20H27NO/c1-16-6-10-18(11-7-16)21(15-20(2,3)4)14-17-8-12-19(22-5)13-9-17/h6-13H,14-15H2,1-5H3. The van der Waals surface area contributed by atoms with Gasteiger partial charge in [0, 0.05) is 18.8 Å². The van der Waals surface area contributed by atoms with E-state index in [4.69, 9.17) is 4.74 Å². The fourth-order valence-electron chi connectivity index (χ4n) is 2.52. The lowest BCUT2D eigenvalue weighted by Crippen LogP contribution is -2.32. The molecule has 0 aliphatic rings. The number of aryl methyl sites for hydroxylation is 1. The van der Waals surface area contributed by atoms with Crippen LogP contribution in [0.1, 0.15) is 31.9 Å². The molecular formula is C20H27NO. The normalized spacial score (nSPS) is 11.3. The van der Waals surface area contributed by atoms with Gasteiger partial charge < -0.3 is 9.64 Å². The van der Waals surface area contributed by atoms with Crippen molar-refractivity contribution in [3.63, 3.8) is 0 Å². The molecule has 0 bridgehead atoms. The van der Waals surface area contributed by atoms with Crippen LogP contribution in [-0.2, 0) is 6.54 Å². The molecular weight excluding hydrogens is 270 g/mol. The molecule has 2 rings (SSSR count). The van der Waals surface area contributed by atoms with E-state index in [0.717, 1.165) is 18.8 Å². The van der Waals surface area contributed by atoms with Crippen molar-refractivity contribution in [3.8, 4) is 5.75 Å². The number of hydrogen-bond acceptors (Lipinski definition) is 2. The first-order valence-corrected chi connectivity index (χ1v) is 7.82. The maximum absolute atomic E-state index is 5.24. The van der Waals surface area contributed by atoms with Crippen LogP contribution in [0.2, 0.25) is 0 Å². The van der Waals surface area contributed by atoms with Crippen LogP contribution in [0.3, 0.4) is 0 Å². The Balaban J connectivity index is 2.21. The Morgan fingerprint density at radius 2 is 1.50 bits per heavy atom. The van der Waals surface area contributed by atoms with Gasteiger partial charge in [0.2, 0.25) is 0 Å². The monoisotopic (exact) mass is 297 g/mol. The maximum Gasteiger partial charge on any atom is 0.118 e. The van der Waals surface area contributed by atoms with Crippen LogP contribution in [-0.4, -0.2) is 13.7 Å². The highest BCUT2D eigenvalue weighted by molar-refractivity contribution is 5.48. The minimum atomic E-state index is 0.247. The Bertz CT molecular complexity index is 579. The van der Waals surface area contributed by atoms with E-state index < -0.39 is 0 Å². The first-order valence-electron chi connectivity index (χ1n) is 7.82. The molecule has 0 spiro atoms. The van der Waals surface area contributed by atoms with Gasteiger partial charge in [0.25, 0.3) is 0 Å². The third kappa shape index (κ3) is 4.80. The predicted molar refractivity (Wildman–Crippen MR) is 94.7 cm³/mol. The molecule has 2 nitrogen and oxygen atoms in total. The summed E-state index contributed by atoms with van der Waals surface area (Å²) in [7, 11) is 1.70. The summed E-state index contributed by atoms with van der Waals surface area (Å²) in [5.41, 5.74) is 4.11. The molecule has 0 unspecified atom stereocenters. The number of nitrogens with zero attached hydrogens (tertiary/aromatic N) is 1. The van der Waals surface area contributed by atoms with Gasteiger partial charge in [-0.25, -0.2) is 0 Å². The van der Waals surface area contributed by atoms with Crippen molar-refractivity contribution in [1.29, 1.82) is 0 Å². The fraction of sp³-hybridized carbons (Fsp3) is 0.400. The van der Waals surface area contributed by atoms with E-state index in [2.05, 4.69) is 69.0 Å². The van der Waals surface area contributed by atoms with Crippen LogP contribution in [0.15, 0.2) is 48.5 Å². The summed E-state index contributed by atoms with van der Waals surface area (Å²) >= 11 is 0. The Labute approximate surface area is 134 Å². The second kappa shape index (κ2) is 6.87. The first-order chi connectivity index (χ1) is 10.4. The van der Waals surface area contributed by atoms with E-state index in [9.17, 15) is 0 Å². The molecule has 22 heavy (non-hydrogen) atoms. The van der Waals surface area contributed by atoms with Crippen molar-refractivity contribution >= 4 is 5.69 Å². The molecule has 0 saturated carbocycles. The highest BCUT2D eigenvalue weighted by Gasteiger charge is 2.17. The molecule has 2 heteroatoms. The van der Waals surface area contributed by atoms with Gasteiger partial charge >= 0.3 is 0 Å². The first kappa shape index (κ1) is 16.4. The Morgan fingerprint density at radius 1 is 0.909 bits per heavy atom. The molecule has 0 saturated heterocycles. The molecule has 0 radical (unpaired) electrons. The summed E-state index contributed by atoms with van der Waals surface area (Å²) < 4.78 is 5.24. The van der Waals surface area contributed by atoms with E-state index in [1.807, 2.05) is 12.1 Å². The fourth-order valence-corrected chi connectivity index (χ4v) is 2.52. The zero-order valence-corrected chi connectivity index (χ0v) is 14.4. The number of benzene rings is 2. The highest BCUT2D eigenvalue weighted by atomic mass is 16.5. The van der Waals surface area contributed by atoms with Gasteiger partial charge in [-0.3, -0.25) is 0 Å². The van der Waals surface area contributed by atoms with E-state index in [1.54, 1.807) is 7.11 Å². The summed E-state index contributed by atoms with van der Waals surface area (Å²) in [6, 6.07) is 17.1. The van der Waals surface area contributed by atoms with E-state index in [0.29, 0.717) is 0 Å². The molecule has 0 N–H and O–H groups in total. The third-order valence-electron chi connectivity index (χ3n) is 3.60. The molecule has 0 fully saturated rings. The Morgan fingerprint density at radius 3 is 2.00 bits per heavy atom. The average molecular weight is 297 g/mol. The molecule has 0 heterocycles. The van der Waals surface area contributed by atoms with E-state index in [-0.39, 0.29) is 5.41 Å². The van der Waals surface area contributed by atoms with Gasteiger partial charge in [-0.2, -0.15) is 0 Å². The van der Waals surface area contributed by atoms with Crippen LogP contribution >= 0.6 is 0 Å². The zero-order chi connectivity index (χ0) is 16.2. The largest absolute Gasteiger partial charge is 0.497 e. The topological polar surface area (TPSA) is 12.5 Å². The van der Waals surface area contributed by atoms with Crippen molar-refractivity contribution in [2.24, 2.45) is 5.41 Å². The predicted octanol–water partition coefficient (Wildman–Crippen LogP) is 5.06. The number of rotatable bonds is 5. The molecule has 0 amide bonds. The van der Waals surface area contributed by atoms with Crippen molar-refractivity contribution < 1.29 is 4.74 Å². The van der Waals surface area contributed by atoms with Crippen LogP contribution in [0.5, 0.6) is 5.75 Å². The number of methoxy groups -OCH3 is 1. The lowest BCUT2D eigenvalue weighted by Gasteiger charge is -2.32. The van der Waals surface area contributed by atoms with Gasteiger partial charge in [0.05, 0.1) is 7.11 Å². The van der Waals surface area contributed by atoms with Crippen molar-refractivity contribution in [2.75, 3.05) is 18.6 Å². The summed E-state index contributed by atoms with van der Waals surface area (Å²) in [5, 5.41) is 0. The molecule has 0 aliphatic carbocycles. The lowest BCUT2D eigenvalue weighted by atomic mass is 9.95. The van der Waals surface area contributed by atoms with Gasteiger partial charge in [-0.15, -0.1) is 0 Å². The van der Waals surface area contributed by atoms with Crippen LogP contribution in [0, 0.1) is 12.3 Å². The SMILES string of the molecule is COc1ccc(CN(CC(C)(C)C)c2ccc(C)cc2)cc1. The minimum Gasteiger partial charge on any atom is -0.497 e. The van der Waals surface area contributed by atoms with Crippen LogP contribution in [0.25, 0.3) is 0 Å². The third-order valence-corrected chi connectivity index (χ3v) is 3.60. The molecule has 2 aromatic rings. The second-order valence-corrected chi connectivity index (χ2v) is 7.10. The van der Waals surface area contributed by atoms with E-state index in [1.165, 1.54) is 16.8 Å². The van der Waals surface area contributed by atoms with E-state index >= 15 is 0 Å². The van der Waals surface area contributed by atoms with Gasteiger partial charge in [0.1, 0.15) is 5.75 Å². The van der Waals surface area contributed by atoms with Crippen LogP contribution < -0.4 is 9.64 Å². The highest BCUT2D eigenvalue weighted by Crippen LogP contribution is 2.24. The van der Waals surface area contributed by atoms with Gasteiger partial charge in [-0.05, 0) is 42.2 Å². The lowest BCUT2D eigenvalue weighted by molar-refractivity contribution is 0.408. The van der Waals surface area contributed by atoms with Crippen molar-refractivity contribution in [2.45, 2.75) is 34.2 Å². The summed E-state index contributed by atoms with van der Waals surface area (Å²) in [4.78, 5) is 2.45. The smallest absolute Gasteiger partial charge is 0.118 e. The van der Waals surface area contributed by atoms with Gasteiger partial charge in [-0.1, -0.05) is 50.6 Å². The molecule has 0 aliphatic heterocycles. The maximum atomic E-state index is 5.24. The zero-order valence-electron chi connectivity index (χ0n) is 14.4. The molecule has 2 aromatic carbocycles. The average Bonchev–Trinajstić information content (AvgIpc) is 2.47. The van der Waals surface area contributed by atoms with Crippen LogP contribution in [0.4, 0.5) is 5.69 Å². The summed E-state index contributed by atoms with van der Waals surface area (Å²) in [5.74, 6) is 0.904. The number of hydrogen-bond donors (Lipinski definition) is 0. The number of ether oxygens (including phenoxy) is 1. The summed E-state index contributed by atoms with van der Waals surface area (Å²) in [6.45, 7) is 10.9. The quantitative estimate of drug-likeness (QED) is 0.765. The Hall–Kier alpha value is -1.96. The number of anilines is 1.